The lowest BCUT2D eigenvalue weighted by molar-refractivity contribution is 0.0857. The lowest BCUT2D eigenvalue weighted by Gasteiger charge is -2.44. The number of rotatable bonds is 2. The standard InChI is InChI=1S/C14H15F3N2O2S/c1-13(17)6-10(16)14(2,19-11(13)22)8-5-7(18-12(20)21)3-4-9(8)15/h3-5,10,18H,6H2,1-2H3,(H,19,22)(H,20,21)/t10-,13+,14+/m0/s1. The Labute approximate surface area is 130 Å². The summed E-state index contributed by atoms with van der Waals surface area (Å²) < 4.78 is 42.7. The third kappa shape index (κ3) is 2.87. The minimum absolute atomic E-state index is 0.0821. The number of piperidine rings is 1. The highest BCUT2D eigenvalue weighted by Gasteiger charge is 2.50. The van der Waals surface area contributed by atoms with Crippen molar-refractivity contribution < 1.29 is 23.1 Å². The van der Waals surface area contributed by atoms with Crippen molar-refractivity contribution in [3.8, 4) is 0 Å². The predicted octanol–water partition coefficient (Wildman–Crippen LogP) is 3.52. The molecular formula is C14H15F3N2O2S. The van der Waals surface area contributed by atoms with Crippen LogP contribution in [0.1, 0.15) is 25.8 Å². The first-order valence-corrected chi connectivity index (χ1v) is 6.92. The van der Waals surface area contributed by atoms with E-state index in [1.165, 1.54) is 19.1 Å². The van der Waals surface area contributed by atoms with Gasteiger partial charge in [-0.3, -0.25) is 5.32 Å². The molecule has 0 unspecified atom stereocenters. The Bertz CT molecular complexity index is 639. The van der Waals surface area contributed by atoms with E-state index in [0.717, 1.165) is 13.0 Å². The van der Waals surface area contributed by atoms with Crippen LogP contribution in [0.15, 0.2) is 18.2 Å². The molecule has 0 spiro atoms. The average Bonchev–Trinajstić information content (AvgIpc) is 2.38. The highest BCUT2D eigenvalue weighted by molar-refractivity contribution is 7.80. The van der Waals surface area contributed by atoms with Crippen LogP contribution in [-0.2, 0) is 5.54 Å². The number of hydrogen-bond acceptors (Lipinski definition) is 2. The Morgan fingerprint density at radius 3 is 2.73 bits per heavy atom. The maximum Gasteiger partial charge on any atom is 0.409 e. The number of alkyl halides is 2. The van der Waals surface area contributed by atoms with Gasteiger partial charge in [0.25, 0.3) is 0 Å². The molecule has 4 nitrogen and oxygen atoms in total. The van der Waals surface area contributed by atoms with Gasteiger partial charge in [0.2, 0.25) is 0 Å². The number of carboxylic acid groups (broad SMARTS) is 1. The van der Waals surface area contributed by atoms with Crippen LogP contribution in [0, 0.1) is 5.82 Å². The molecule has 1 fully saturated rings. The summed E-state index contributed by atoms with van der Waals surface area (Å²) in [5.74, 6) is -0.737. The fourth-order valence-electron chi connectivity index (χ4n) is 2.44. The van der Waals surface area contributed by atoms with E-state index in [1.807, 2.05) is 0 Å². The van der Waals surface area contributed by atoms with E-state index in [-0.39, 0.29) is 16.2 Å². The van der Waals surface area contributed by atoms with E-state index < -0.39 is 35.7 Å². The van der Waals surface area contributed by atoms with E-state index in [1.54, 1.807) is 0 Å². The van der Waals surface area contributed by atoms with Crippen LogP contribution in [0.2, 0.25) is 0 Å². The zero-order valence-electron chi connectivity index (χ0n) is 11.9. The third-order valence-electron chi connectivity index (χ3n) is 3.81. The number of halogens is 3. The number of benzene rings is 1. The Hall–Kier alpha value is -1.83. The van der Waals surface area contributed by atoms with Crippen LogP contribution in [0.4, 0.5) is 23.7 Å². The van der Waals surface area contributed by atoms with Crippen molar-refractivity contribution in [3.63, 3.8) is 0 Å². The summed E-state index contributed by atoms with van der Waals surface area (Å²) in [6.45, 7) is 2.52. The molecule has 0 saturated carbocycles. The molecule has 3 N–H and O–H groups in total. The lowest BCUT2D eigenvalue weighted by atomic mass is 9.78. The number of hydrogen-bond donors (Lipinski definition) is 3. The van der Waals surface area contributed by atoms with Gasteiger partial charge in [-0.2, -0.15) is 0 Å². The normalized spacial score (nSPS) is 31.5. The quantitative estimate of drug-likeness (QED) is 0.725. The molecular weight excluding hydrogens is 317 g/mol. The number of carbonyl (C=O) groups is 1. The molecule has 1 amide bonds. The van der Waals surface area contributed by atoms with Crippen molar-refractivity contribution in [3.05, 3.63) is 29.6 Å². The molecule has 1 aromatic carbocycles. The van der Waals surface area contributed by atoms with Gasteiger partial charge in [-0.25, -0.2) is 18.0 Å². The Balaban J connectivity index is 2.45. The molecule has 1 aliphatic heterocycles. The van der Waals surface area contributed by atoms with E-state index in [0.29, 0.717) is 0 Å². The van der Waals surface area contributed by atoms with Crippen molar-refractivity contribution in [1.82, 2.24) is 5.32 Å². The molecule has 120 valence electrons. The molecule has 1 heterocycles. The summed E-state index contributed by atoms with van der Waals surface area (Å²) in [5, 5.41) is 13.3. The highest BCUT2D eigenvalue weighted by Crippen LogP contribution is 2.40. The molecule has 0 aliphatic carbocycles. The summed E-state index contributed by atoms with van der Waals surface area (Å²) >= 11 is 4.90. The fourth-order valence-corrected chi connectivity index (χ4v) is 2.73. The van der Waals surface area contributed by atoms with Gasteiger partial charge in [0, 0.05) is 17.7 Å². The predicted molar refractivity (Wildman–Crippen MR) is 80.2 cm³/mol. The summed E-state index contributed by atoms with van der Waals surface area (Å²) in [6.07, 6.45) is -3.59. The zero-order valence-corrected chi connectivity index (χ0v) is 12.7. The van der Waals surface area contributed by atoms with E-state index in [4.69, 9.17) is 17.3 Å². The van der Waals surface area contributed by atoms with Crippen molar-refractivity contribution in [2.45, 2.75) is 37.6 Å². The second kappa shape index (κ2) is 5.42. The maximum absolute atomic E-state index is 14.5. The summed E-state index contributed by atoms with van der Waals surface area (Å²) in [6, 6.07) is 3.41. The molecule has 2 rings (SSSR count). The number of anilines is 1. The van der Waals surface area contributed by atoms with Crippen molar-refractivity contribution in [2.75, 3.05) is 5.32 Å². The molecule has 8 heteroatoms. The van der Waals surface area contributed by atoms with Crippen LogP contribution in [0.25, 0.3) is 0 Å². The molecule has 3 atom stereocenters. The first-order chi connectivity index (χ1) is 10.1. The average molecular weight is 332 g/mol. The highest BCUT2D eigenvalue weighted by atomic mass is 32.1. The second-order valence-electron chi connectivity index (χ2n) is 5.65. The molecule has 1 aliphatic rings. The minimum Gasteiger partial charge on any atom is -0.465 e. The third-order valence-corrected chi connectivity index (χ3v) is 4.34. The van der Waals surface area contributed by atoms with Crippen molar-refractivity contribution in [2.24, 2.45) is 0 Å². The van der Waals surface area contributed by atoms with Crippen molar-refractivity contribution >= 4 is 29.0 Å². The molecule has 22 heavy (non-hydrogen) atoms. The fraction of sp³-hybridized carbons (Fsp3) is 0.429. The van der Waals surface area contributed by atoms with E-state index in [2.05, 4.69) is 10.6 Å². The monoisotopic (exact) mass is 332 g/mol. The molecule has 1 saturated heterocycles. The number of nitrogens with one attached hydrogen (secondary N) is 2. The molecule has 1 aromatic rings. The SMILES string of the molecule is C[C@@]1(F)C[C@H](F)[C@@](C)(c2cc(NC(=O)O)ccc2F)NC1=S. The largest absolute Gasteiger partial charge is 0.465 e. The smallest absolute Gasteiger partial charge is 0.409 e. The van der Waals surface area contributed by atoms with Crippen LogP contribution in [-0.4, -0.2) is 28.0 Å². The number of thiocarbonyl (C=S) groups is 1. The first kappa shape index (κ1) is 16.5. The van der Waals surface area contributed by atoms with Gasteiger partial charge in [-0.1, -0.05) is 12.2 Å². The Morgan fingerprint density at radius 1 is 1.50 bits per heavy atom. The lowest BCUT2D eigenvalue weighted by Crippen LogP contribution is -2.61. The van der Waals surface area contributed by atoms with Crippen LogP contribution in [0.3, 0.4) is 0 Å². The van der Waals surface area contributed by atoms with Gasteiger partial charge in [0.1, 0.15) is 17.0 Å². The van der Waals surface area contributed by atoms with E-state index >= 15 is 0 Å². The van der Waals surface area contributed by atoms with Crippen LogP contribution >= 0.6 is 12.2 Å². The molecule has 0 aromatic heterocycles. The topological polar surface area (TPSA) is 61.4 Å². The van der Waals surface area contributed by atoms with E-state index in [9.17, 15) is 18.0 Å². The van der Waals surface area contributed by atoms with Gasteiger partial charge >= 0.3 is 6.09 Å². The van der Waals surface area contributed by atoms with Crippen LogP contribution < -0.4 is 10.6 Å². The van der Waals surface area contributed by atoms with Gasteiger partial charge in [0.05, 0.1) is 5.54 Å². The Morgan fingerprint density at radius 2 is 2.14 bits per heavy atom. The molecule has 0 radical (unpaired) electrons. The number of amides is 1. The van der Waals surface area contributed by atoms with Gasteiger partial charge in [-0.05, 0) is 32.0 Å². The van der Waals surface area contributed by atoms with Gasteiger partial charge in [-0.15, -0.1) is 0 Å². The molecule has 0 bridgehead atoms. The Kier molecular flexibility index (Phi) is 4.08. The van der Waals surface area contributed by atoms with Gasteiger partial charge < -0.3 is 10.4 Å². The zero-order chi connectivity index (χ0) is 16.7. The summed E-state index contributed by atoms with van der Waals surface area (Å²) in [7, 11) is 0. The maximum atomic E-state index is 14.5. The first-order valence-electron chi connectivity index (χ1n) is 6.52. The minimum atomic E-state index is -2.01. The van der Waals surface area contributed by atoms with Gasteiger partial charge in [0.15, 0.2) is 5.67 Å². The van der Waals surface area contributed by atoms with Crippen LogP contribution in [0.5, 0.6) is 0 Å². The summed E-state index contributed by atoms with van der Waals surface area (Å²) in [5.41, 5.74) is -3.63. The van der Waals surface area contributed by atoms with Crippen molar-refractivity contribution in [1.29, 1.82) is 0 Å². The second-order valence-corrected chi connectivity index (χ2v) is 6.06. The summed E-state index contributed by atoms with van der Waals surface area (Å²) in [4.78, 5) is 10.4.